The van der Waals surface area contributed by atoms with Crippen molar-refractivity contribution in [3.8, 4) is 5.75 Å². The van der Waals surface area contributed by atoms with Crippen molar-refractivity contribution in [2.45, 2.75) is 6.92 Å². The zero-order chi connectivity index (χ0) is 8.97. The highest BCUT2D eigenvalue weighted by Crippen LogP contribution is 2.12. The zero-order valence-corrected chi connectivity index (χ0v) is 7.87. The first-order chi connectivity index (χ1) is 5.68. The predicted molar refractivity (Wildman–Crippen MR) is 44.3 cm³/mol. The summed E-state index contributed by atoms with van der Waals surface area (Å²) in [6.07, 6.45) is 1.44. The molecule has 64 valence electrons. The van der Waals surface area contributed by atoms with Gasteiger partial charge in [0.2, 0.25) is 0 Å². The molecule has 0 atom stereocenters. The molecule has 0 amide bonds. The summed E-state index contributed by atoms with van der Waals surface area (Å²) in [6, 6.07) is 3.30. The van der Waals surface area contributed by atoms with Crippen LogP contribution in [0.25, 0.3) is 0 Å². The average molecular weight is 232 g/mol. The van der Waals surface area contributed by atoms with Crippen molar-refractivity contribution in [2.24, 2.45) is 0 Å². The first-order valence-corrected chi connectivity index (χ1v) is 3.94. The minimum absolute atomic E-state index is 0.383. The Bertz CT molecular complexity index is 272. The predicted octanol–water partition coefficient (Wildman–Crippen LogP) is 1.70. The van der Waals surface area contributed by atoms with E-state index in [1.165, 1.54) is 13.1 Å². The third-order valence-electron chi connectivity index (χ3n) is 0.955. The summed E-state index contributed by atoms with van der Waals surface area (Å²) >= 11 is 3.15. The molecule has 0 spiro atoms. The lowest BCUT2D eigenvalue weighted by atomic mass is 10.5. The lowest BCUT2D eigenvalue weighted by molar-refractivity contribution is -0.211. The molecule has 0 bridgehead atoms. The van der Waals surface area contributed by atoms with Crippen LogP contribution in [0.2, 0.25) is 0 Å². The monoisotopic (exact) mass is 231 g/mol. The van der Waals surface area contributed by atoms with Gasteiger partial charge in [0, 0.05) is 6.92 Å². The maximum absolute atomic E-state index is 10.3. The molecule has 0 aliphatic heterocycles. The van der Waals surface area contributed by atoms with Gasteiger partial charge in [-0.25, -0.2) is 9.78 Å². The van der Waals surface area contributed by atoms with Gasteiger partial charge in [-0.15, -0.1) is 0 Å². The quantitative estimate of drug-likeness (QED) is 0.442. The van der Waals surface area contributed by atoms with E-state index in [4.69, 9.17) is 0 Å². The van der Waals surface area contributed by atoms with Gasteiger partial charge in [-0.3, -0.25) is 9.78 Å². The van der Waals surface area contributed by atoms with Gasteiger partial charge in [-0.1, -0.05) is 0 Å². The fraction of sp³-hybridized carbons (Fsp3) is 0.143. The van der Waals surface area contributed by atoms with E-state index in [2.05, 4.69) is 30.7 Å². The van der Waals surface area contributed by atoms with Gasteiger partial charge in [-0.2, -0.15) is 0 Å². The molecule has 0 aliphatic carbocycles. The molecule has 1 rings (SSSR count). The topological polar surface area (TPSA) is 48.4 Å². The van der Waals surface area contributed by atoms with Crippen LogP contribution in [0.3, 0.4) is 0 Å². The van der Waals surface area contributed by atoms with Gasteiger partial charge in [0.1, 0.15) is 4.60 Å². The second-order valence-corrected chi connectivity index (χ2v) is 2.79. The van der Waals surface area contributed by atoms with Gasteiger partial charge in [0.15, 0.2) is 5.75 Å². The molecular weight excluding hydrogens is 226 g/mol. The maximum atomic E-state index is 10.3. The van der Waals surface area contributed by atoms with Crippen LogP contribution in [0.5, 0.6) is 5.75 Å². The summed E-state index contributed by atoms with van der Waals surface area (Å²) in [4.78, 5) is 23.0. The molecule has 1 aromatic rings. The van der Waals surface area contributed by atoms with Gasteiger partial charge >= 0.3 is 5.97 Å². The van der Waals surface area contributed by atoms with Crippen LogP contribution in [-0.4, -0.2) is 11.0 Å². The van der Waals surface area contributed by atoms with Crippen molar-refractivity contribution in [2.75, 3.05) is 0 Å². The Balaban J connectivity index is 2.53. The van der Waals surface area contributed by atoms with E-state index in [9.17, 15) is 4.79 Å². The number of hydrogen-bond acceptors (Lipinski definition) is 4. The van der Waals surface area contributed by atoms with E-state index in [0.29, 0.717) is 10.4 Å². The van der Waals surface area contributed by atoms with E-state index in [1.807, 2.05) is 0 Å². The van der Waals surface area contributed by atoms with Crippen LogP contribution in [0, 0.1) is 0 Å². The van der Waals surface area contributed by atoms with Crippen molar-refractivity contribution >= 4 is 21.9 Å². The normalized spacial score (nSPS) is 9.17. The number of carbonyl (C=O) groups excluding carboxylic acids is 1. The Kier molecular flexibility index (Phi) is 3.04. The van der Waals surface area contributed by atoms with Crippen molar-refractivity contribution in [1.82, 2.24) is 4.98 Å². The van der Waals surface area contributed by atoms with E-state index in [0.717, 1.165) is 0 Å². The SMILES string of the molecule is CC(=O)OOc1ccc(Br)nc1. The lowest BCUT2D eigenvalue weighted by Gasteiger charge is -2.00. The highest BCUT2D eigenvalue weighted by molar-refractivity contribution is 9.10. The second kappa shape index (κ2) is 4.06. The number of nitrogens with zero attached hydrogens (tertiary/aromatic N) is 1. The van der Waals surface area contributed by atoms with Crippen LogP contribution >= 0.6 is 15.9 Å². The fourth-order valence-corrected chi connectivity index (χ4v) is 0.753. The molecule has 1 aromatic heterocycles. The van der Waals surface area contributed by atoms with E-state index in [1.54, 1.807) is 12.1 Å². The number of carbonyl (C=O) groups is 1. The van der Waals surface area contributed by atoms with Gasteiger partial charge in [-0.05, 0) is 28.1 Å². The molecular formula is C7H6BrNO3. The number of aromatic nitrogens is 1. The maximum Gasteiger partial charge on any atom is 0.352 e. The molecule has 12 heavy (non-hydrogen) atoms. The third-order valence-corrected chi connectivity index (χ3v) is 1.42. The van der Waals surface area contributed by atoms with Crippen LogP contribution in [0.15, 0.2) is 22.9 Å². The summed E-state index contributed by atoms with van der Waals surface area (Å²) in [5.74, 6) is -0.119. The summed E-state index contributed by atoms with van der Waals surface area (Å²) in [5.41, 5.74) is 0. The highest BCUT2D eigenvalue weighted by Gasteiger charge is 1.97. The first-order valence-electron chi connectivity index (χ1n) is 3.15. The third kappa shape index (κ3) is 2.87. The van der Waals surface area contributed by atoms with Crippen LogP contribution in [0.1, 0.15) is 6.92 Å². The Morgan fingerprint density at radius 3 is 2.83 bits per heavy atom. The van der Waals surface area contributed by atoms with E-state index in [-0.39, 0.29) is 0 Å². The molecule has 4 nitrogen and oxygen atoms in total. The van der Waals surface area contributed by atoms with Gasteiger partial charge in [0.25, 0.3) is 0 Å². The Labute approximate surface area is 77.6 Å². The molecule has 5 heteroatoms. The summed E-state index contributed by atoms with van der Waals surface area (Å²) < 4.78 is 0.692. The van der Waals surface area contributed by atoms with Crippen molar-refractivity contribution in [1.29, 1.82) is 0 Å². The Hall–Kier alpha value is -1.10. The standard InChI is InChI=1S/C7H6BrNO3/c1-5(10)11-12-6-2-3-7(8)9-4-6/h2-4H,1H3. The van der Waals surface area contributed by atoms with Crippen LogP contribution in [0.4, 0.5) is 0 Å². The van der Waals surface area contributed by atoms with Crippen molar-refractivity contribution in [3.63, 3.8) is 0 Å². The molecule has 0 unspecified atom stereocenters. The fourth-order valence-electron chi connectivity index (χ4n) is 0.518. The number of rotatable bonds is 2. The van der Waals surface area contributed by atoms with E-state index < -0.39 is 5.97 Å². The Morgan fingerprint density at radius 1 is 1.58 bits per heavy atom. The molecule has 0 radical (unpaired) electrons. The summed E-state index contributed by atoms with van der Waals surface area (Å²) in [5, 5.41) is 0. The summed E-state index contributed by atoms with van der Waals surface area (Å²) in [7, 11) is 0. The second-order valence-electron chi connectivity index (χ2n) is 1.97. The first kappa shape index (κ1) is 8.99. The Morgan fingerprint density at radius 2 is 2.33 bits per heavy atom. The molecule has 0 aromatic carbocycles. The largest absolute Gasteiger partial charge is 0.352 e. The average Bonchev–Trinajstić information content (AvgIpc) is 2.03. The van der Waals surface area contributed by atoms with Gasteiger partial charge in [0.05, 0.1) is 6.20 Å². The summed E-state index contributed by atoms with van der Waals surface area (Å²) in [6.45, 7) is 1.26. The molecule has 0 saturated heterocycles. The van der Waals surface area contributed by atoms with E-state index >= 15 is 0 Å². The number of hydrogen-bond donors (Lipinski definition) is 0. The molecule has 1 heterocycles. The van der Waals surface area contributed by atoms with Crippen LogP contribution in [-0.2, 0) is 9.68 Å². The van der Waals surface area contributed by atoms with Crippen molar-refractivity contribution in [3.05, 3.63) is 22.9 Å². The van der Waals surface area contributed by atoms with Crippen LogP contribution < -0.4 is 4.89 Å². The highest BCUT2D eigenvalue weighted by atomic mass is 79.9. The lowest BCUT2D eigenvalue weighted by Crippen LogP contribution is -2.02. The molecule has 0 saturated carbocycles. The smallest absolute Gasteiger partial charge is 0.285 e. The number of pyridine rings is 1. The van der Waals surface area contributed by atoms with Gasteiger partial charge < -0.3 is 0 Å². The molecule has 0 N–H and O–H groups in total. The molecule has 0 fully saturated rings. The minimum Gasteiger partial charge on any atom is -0.285 e. The van der Waals surface area contributed by atoms with Crippen molar-refractivity contribution < 1.29 is 14.6 Å². The minimum atomic E-state index is -0.502. The number of halogens is 1. The molecule has 0 aliphatic rings. The zero-order valence-electron chi connectivity index (χ0n) is 6.28.